The van der Waals surface area contributed by atoms with Crippen LogP contribution in [-0.2, 0) is 10.2 Å². The minimum Gasteiger partial charge on any atom is -0.295 e. The molecular formula is C15H18O. The Morgan fingerprint density at radius 3 is 2.38 bits per heavy atom. The second-order valence-corrected chi connectivity index (χ2v) is 5.23. The van der Waals surface area contributed by atoms with Gasteiger partial charge in [0.1, 0.15) is 0 Å². The maximum atomic E-state index is 11.8. The molecule has 0 amide bonds. The van der Waals surface area contributed by atoms with E-state index in [9.17, 15) is 4.79 Å². The molecule has 1 nitrogen and oxygen atoms in total. The first-order valence-corrected chi connectivity index (χ1v) is 5.69. The van der Waals surface area contributed by atoms with Crippen LogP contribution in [0.1, 0.15) is 44.4 Å². The average Bonchev–Trinajstić information content (AvgIpc) is 2.34. The van der Waals surface area contributed by atoms with E-state index in [1.54, 1.807) is 6.92 Å². The number of carbonyl (C=O) groups is 1. The number of carbonyl (C=O) groups excluding carboxylic acids is 1. The summed E-state index contributed by atoms with van der Waals surface area (Å²) in [5.74, 6) is 0.191. The number of rotatable bonds is 1. The minimum absolute atomic E-state index is 0.142. The fourth-order valence-corrected chi connectivity index (χ4v) is 2.94. The molecule has 1 aromatic carbocycles. The zero-order chi connectivity index (χ0) is 12.1. The summed E-state index contributed by atoms with van der Waals surface area (Å²) < 4.78 is 0. The van der Waals surface area contributed by atoms with Crippen molar-refractivity contribution in [3.8, 4) is 0 Å². The van der Waals surface area contributed by atoms with Crippen LogP contribution in [0, 0.1) is 6.92 Å². The van der Waals surface area contributed by atoms with E-state index < -0.39 is 0 Å². The van der Waals surface area contributed by atoms with Crippen molar-refractivity contribution in [2.45, 2.75) is 40.0 Å². The third-order valence-corrected chi connectivity index (χ3v) is 3.60. The van der Waals surface area contributed by atoms with E-state index in [0.717, 1.165) is 11.1 Å². The number of allylic oxidation sites excluding steroid dienone is 2. The van der Waals surface area contributed by atoms with Crippen LogP contribution < -0.4 is 0 Å². The number of fused-ring (bicyclic) bond motifs is 1. The van der Waals surface area contributed by atoms with E-state index in [4.69, 9.17) is 0 Å². The van der Waals surface area contributed by atoms with E-state index in [0.29, 0.717) is 0 Å². The van der Waals surface area contributed by atoms with Crippen LogP contribution in [0.15, 0.2) is 23.8 Å². The van der Waals surface area contributed by atoms with Crippen LogP contribution in [-0.4, -0.2) is 5.78 Å². The molecule has 0 bridgehead atoms. The lowest BCUT2D eigenvalue weighted by Crippen LogP contribution is -2.21. The van der Waals surface area contributed by atoms with Gasteiger partial charge in [0.15, 0.2) is 5.78 Å². The van der Waals surface area contributed by atoms with Gasteiger partial charge in [-0.05, 0) is 37.5 Å². The molecule has 0 atom stereocenters. The van der Waals surface area contributed by atoms with Crippen molar-refractivity contribution in [2.75, 3.05) is 0 Å². The van der Waals surface area contributed by atoms with Crippen molar-refractivity contribution < 1.29 is 4.79 Å². The highest BCUT2D eigenvalue weighted by Crippen LogP contribution is 2.46. The first-order chi connectivity index (χ1) is 7.35. The molecule has 84 valence electrons. The van der Waals surface area contributed by atoms with Crippen LogP contribution in [0.3, 0.4) is 0 Å². The van der Waals surface area contributed by atoms with E-state index in [1.165, 1.54) is 16.7 Å². The smallest absolute Gasteiger partial charge is 0.156 e. The highest BCUT2D eigenvalue weighted by molar-refractivity contribution is 6.06. The number of hydrogen-bond acceptors (Lipinski definition) is 1. The lowest BCUT2D eigenvalue weighted by atomic mass is 9.79. The lowest BCUT2D eigenvalue weighted by molar-refractivity contribution is -0.114. The maximum absolute atomic E-state index is 11.8. The molecule has 0 saturated carbocycles. The highest BCUT2D eigenvalue weighted by atomic mass is 16.1. The standard InChI is InChI=1S/C15H18O/c1-9-6-7-12-10(2)14(11(3)16)15(4,5)13(12)8-9/h6-8H,1-5H3. The van der Waals surface area contributed by atoms with Crippen LogP contribution in [0.25, 0.3) is 5.57 Å². The van der Waals surface area contributed by atoms with Gasteiger partial charge in [-0.1, -0.05) is 37.6 Å². The molecule has 0 radical (unpaired) electrons. The van der Waals surface area contributed by atoms with Gasteiger partial charge in [-0.15, -0.1) is 0 Å². The molecule has 0 aliphatic heterocycles. The zero-order valence-electron chi connectivity index (χ0n) is 10.6. The zero-order valence-corrected chi connectivity index (χ0v) is 10.6. The predicted molar refractivity (Wildman–Crippen MR) is 67.5 cm³/mol. The Balaban J connectivity index is 2.74. The highest BCUT2D eigenvalue weighted by Gasteiger charge is 2.38. The van der Waals surface area contributed by atoms with E-state index >= 15 is 0 Å². The van der Waals surface area contributed by atoms with E-state index in [-0.39, 0.29) is 11.2 Å². The normalized spacial score (nSPS) is 17.6. The second-order valence-electron chi connectivity index (χ2n) is 5.23. The SMILES string of the molecule is CC(=O)C1=C(C)c2ccc(C)cc2C1(C)C. The quantitative estimate of drug-likeness (QED) is 0.697. The molecule has 16 heavy (non-hydrogen) atoms. The molecule has 1 aliphatic carbocycles. The van der Waals surface area contributed by atoms with Gasteiger partial charge in [0.05, 0.1) is 0 Å². The number of benzene rings is 1. The fourth-order valence-electron chi connectivity index (χ4n) is 2.94. The largest absolute Gasteiger partial charge is 0.295 e. The maximum Gasteiger partial charge on any atom is 0.156 e. The van der Waals surface area contributed by atoms with Gasteiger partial charge in [-0.2, -0.15) is 0 Å². The van der Waals surface area contributed by atoms with Crippen molar-refractivity contribution in [3.05, 3.63) is 40.5 Å². The first-order valence-electron chi connectivity index (χ1n) is 5.69. The summed E-state index contributed by atoms with van der Waals surface area (Å²) in [5.41, 5.74) is 5.75. The van der Waals surface area contributed by atoms with Crippen LogP contribution >= 0.6 is 0 Å². The molecular weight excluding hydrogens is 196 g/mol. The molecule has 0 heterocycles. The first kappa shape index (κ1) is 11.1. The van der Waals surface area contributed by atoms with Gasteiger partial charge in [-0.3, -0.25) is 4.79 Å². The Morgan fingerprint density at radius 1 is 1.19 bits per heavy atom. The van der Waals surface area contributed by atoms with Crippen molar-refractivity contribution in [2.24, 2.45) is 0 Å². The summed E-state index contributed by atoms with van der Waals surface area (Å²) in [4.78, 5) is 11.8. The molecule has 1 aliphatic rings. The number of Topliss-reactive ketones (excluding diaryl/α,β-unsaturated/α-hetero) is 1. The van der Waals surface area contributed by atoms with Crippen molar-refractivity contribution in [1.29, 1.82) is 0 Å². The third-order valence-electron chi connectivity index (χ3n) is 3.60. The van der Waals surface area contributed by atoms with E-state index in [1.807, 2.05) is 0 Å². The Kier molecular flexibility index (Phi) is 2.30. The Morgan fingerprint density at radius 2 is 1.81 bits per heavy atom. The summed E-state index contributed by atoms with van der Waals surface area (Å²) in [6.07, 6.45) is 0. The third kappa shape index (κ3) is 1.35. The minimum atomic E-state index is -0.142. The molecule has 0 unspecified atom stereocenters. The summed E-state index contributed by atoms with van der Waals surface area (Å²) in [6, 6.07) is 6.45. The van der Waals surface area contributed by atoms with Crippen LogP contribution in [0.5, 0.6) is 0 Å². The fraction of sp³-hybridized carbons (Fsp3) is 0.400. The predicted octanol–water partition coefficient (Wildman–Crippen LogP) is 3.65. The van der Waals surface area contributed by atoms with E-state index in [2.05, 4.69) is 45.9 Å². The molecule has 0 saturated heterocycles. The monoisotopic (exact) mass is 214 g/mol. The van der Waals surface area contributed by atoms with Crippen LogP contribution in [0.4, 0.5) is 0 Å². The Hall–Kier alpha value is -1.37. The second kappa shape index (κ2) is 3.31. The average molecular weight is 214 g/mol. The Bertz CT molecular complexity index is 504. The van der Waals surface area contributed by atoms with Crippen molar-refractivity contribution >= 4 is 11.4 Å². The summed E-state index contributed by atoms with van der Waals surface area (Å²) in [7, 11) is 0. The van der Waals surface area contributed by atoms with Gasteiger partial charge >= 0.3 is 0 Å². The van der Waals surface area contributed by atoms with Gasteiger partial charge in [0.2, 0.25) is 0 Å². The summed E-state index contributed by atoms with van der Waals surface area (Å²) in [5, 5.41) is 0. The Labute approximate surface area is 97.2 Å². The molecule has 0 fully saturated rings. The molecule has 1 heteroatoms. The molecule has 0 N–H and O–H groups in total. The van der Waals surface area contributed by atoms with Gasteiger partial charge in [0.25, 0.3) is 0 Å². The lowest BCUT2D eigenvalue weighted by Gasteiger charge is -2.23. The summed E-state index contributed by atoms with van der Waals surface area (Å²) in [6.45, 7) is 10.1. The molecule has 2 rings (SSSR count). The van der Waals surface area contributed by atoms with Crippen molar-refractivity contribution in [1.82, 2.24) is 0 Å². The summed E-state index contributed by atoms with van der Waals surface area (Å²) >= 11 is 0. The van der Waals surface area contributed by atoms with Gasteiger partial charge in [-0.25, -0.2) is 0 Å². The number of hydrogen-bond donors (Lipinski definition) is 0. The molecule has 0 aromatic heterocycles. The topological polar surface area (TPSA) is 17.1 Å². The molecule has 0 spiro atoms. The van der Waals surface area contributed by atoms with Crippen LogP contribution in [0.2, 0.25) is 0 Å². The number of ketones is 1. The number of aryl methyl sites for hydroxylation is 1. The van der Waals surface area contributed by atoms with Gasteiger partial charge in [0, 0.05) is 11.0 Å². The molecule has 1 aromatic rings. The van der Waals surface area contributed by atoms with Gasteiger partial charge < -0.3 is 0 Å². The van der Waals surface area contributed by atoms with Crippen molar-refractivity contribution in [3.63, 3.8) is 0 Å².